The van der Waals surface area contributed by atoms with Crippen LogP contribution in [-0.4, -0.2) is 12.6 Å². The lowest BCUT2D eigenvalue weighted by atomic mass is 10.1. The van der Waals surface area contributed by atoms with Crippen molar-refractivity contribution < 1.29 is 0 Å². The van der Waals surface area contributed by atoms with E-state index in [4.69, 9.17) is 5.73 Å². The third kappa shape index (κ3) is 4.54. The van der Waals surface area contributed by atoms with Crippen LogP contribution >= 0.6 is 15.9 Å². The van der Waals surface area contributed by atoms with Crippen molar-refractivity contribution in [1.82, 2.24) is 0 Å². The van der Waals surface area contributed by atoms with Crippen LogP contribution in [0.1, 0.15) is 31.7 Å². The van der Waals surface area contributed by atoms with Crippen molar-refractivity contribution in [1.29, 1.82) is 0 Å². The Hall–Kier alpha value is -0.540. The molecule has 0 aliphatic carbocycles. The predicted octanol–water partition coefficient (Wildman–Crippen LogP) is 3.69. The summed E-state index contributed by atoms with van der Waals surface area (Å²) < 4.78 is 1.11. The molecule has 0 radical (unpaired) electrons. The molecule has 1 unspecified atom stereocenters. The molecular formula is C13H21BrN2. The van der Waals surface area contributed by atoms with Crippen LogP contribution in [0.25, 0.3) is 0 Å². The molecule has 1 aromatic carbocycles. The van der Waals surface area contributed by atoms with Crippen LogP contribution in [0.2, 0.25) is 0 Å². The van der Waals surface area contributed by atoms with Gasteiger partial charge in [0.1, 0.15) is 0 Å². The van der Waals surface area contributed by atoms with Gasteiger partial charge in [0.25, 0.3) is 0 Å². The van der Waals surface area contributed by atoms with Crippen LogP contribution < -0.4 is 11.1 Å². The topological polar surface area (TPSA) is 38.0 Å². The zero-order chi connectivity index (χ0) is 12.0. The maximum atomic E-state index is 5.76. The summed E-state index contributed by atoms with van der Waals surface area (Å²) in [5, 5.41) is 3.49. The van der Waals surface area contributed by atoms with Crippen molar-refractivity contribution in [3.05, 3.63) is 28.2 Å². The monoisotopic (exact) mass is 284 g/mol. The summed E-state index contributed by atoms with van der Waals surface area (Å²) in [5.74, 6) is 0. The second kappa shape index (κ2) is 6.92. The average molecular weight is 285 g/mol. The van der Waals surface area contributed by atoms with Crippen molar-refractivity contribution in [3.8, 4) is 0 Å². The molecule has 2 nitrogen and oxygen atoms in total. The second-order valence-electron chi connectivity index (χ2n) is 4.24. The molecule has 16 heavy (non-hydrogen) atoms. The van der Waals surface area contributed by atoms with Gasteiger partial charge < -0.3 is 11.1 Å². The zero-order valence-electron chi connectivity index (χ0n) is 10.1. The molecule has 3 heteroatoms. The van der Waals surface area contributed by atoms with Gasteiger partial charge in [-0.05, 0) is 37.1 Å². The van der Waals surface area contributed by atoms with Crippen molar-refractivity contribution in [2.75, 3.05) is 11.9 Å². The van der Waals surface area contributed by atoms with Crippen LogP contribution in [0.15, 0.2) is 22.7 Å². The zero-order valence-corrected chi connectivity index (χ0v) is 11.7. The molecule has 0 aromatic heterocycles. The summed E-state index contributed by atoms with van der Waals surface area (Å²) >= 11 is 3.51. The Morgan fingerprint density at radius 3 is 2.69 bits per heavy atom. The summed E-state index contributed by atoms with van der Waals surface area (Å²) in [6.45, 7) is 4.99. The maximum absolute atomic E-state index is 5.76. The summed E-state index contributed by atoms with van der Waals surface area (Å²) in [5.41, 5.74) is 8.17. The Kier molecular flexibility index (Phi) is 5.85. The van der Waals surface area contributed by atoms with E-state index in [-0.39, 0.29) is 0 Å². The van der Waals surface area contributed by atoms with Crippen LogP contribution in [0.5, 0.6) is 0 Å². The van der Waals surface area contributed by atoms with E-state index in [0.717, 1.165) is 16.6 Å². The van der Waals surface area contributed by atoms with Crippen molar-refractivity contribution >= 4 is 21.6 Å². The summed E-state index contributed by atoms with van der Waals surface area (Å²) in [4.78, 5) is 0. The van der Waals surface area contributed by atoms with Crippen molar-refractivity contribution in [2.24, 2.45) is 5.73 Å². The van der Waals surface area contributed by atoms with Crippen molar-refractivity contribution in [3.63, 3.8) is 0 Å². The molecule has 0 spiro atoms. The van der Waals surface area contributed by atoms with Gasteiger partial charge in [-0.1, -0.05) is 35.7 Å². The van der Waals surface area contributed by atoms with E-state index in [1.54, 1.807) is 0 Å². The molecule has 0 saturated heterocycles. The Morgan fingerprint density at radius 2 is 2.12 bits per heavy atom. The van der Waals surface area contributed by atoms with Gasteiger partial charge in [0.15, 0.2) is 0 Å². The molecule has 0 bridgehead atoms. The molecule has 0 fully saturated rings. The number of benzene rings is 1. The second-order valence-corrected chi connectivity index (χ2v) is 5.15. The van der Waals surface area contributed by atoms with Crippen LogP contribution in [0, 0.1) is 6.92 Å². The highest BCUT2D eigenvalue weighted by atomic mass is 79.9. The SMILES string of the molecule is CCCCC(CN)Nc1cc(C)cc(Br)c1. The lowest BCUT2D eigenvalue weighted by Gasteiger charge is -2.18. The van der Waals surface area contributed by atoms with E-state index in [1.807, 2.05) is 0 Å². The highest BCUT2D eigenvalue weighted by molar-refractivity contribution is 9.10. The van der Waals surface area contributed by atoms with Crippen molar-refractivity contribution in [2.45, 2.75) is 39.2 Å². The fourth-order valence-corrected chi connectivity index (χ4v) is 2.36. The lowest BCUT2D eigenvalue weighted by molar-refractivity contribution is 0.614. The molecular weight excluding hydrogens is 264 g/mol. The number of rotatable bonds is 6. The van der Waals surface area contributed by atoms with Crippen LogP contribution in [0.4, 0.5) is 5.69 Å². The van der Waals surface area contributed by atoms with Gasteiger partial charge >= 0.3 is 0 Å². The first kappa shape index (κ1) is 13.5. The van der Waals surface area contributed by atoms with Gasteiger partial charge in [-0.25, -0.2) is 0 Å². The number of halogens is 1. The molecule has 1 aromatic rings. The van der Waals surface area contributed by atoms with Gasteiger partial charge in [-0.15, -0.1) is 0 Å². The van der Waals surface area contributed by atoms with E-state index in [1.165, 1.54) is 18.4 Å². The molecule has 3 N–H and O–H groups in total. The normalized spacial score (nSPS) is 12.5. The number of nitrogens with two attached hydrogens (primary N) is 1. The number of unbranched alkanes of at least 4 members (excludes halogenated alkanes) is 1. The molecule has 0 heterocycles. The Labute approximate surface area is 107 Å². The standard InChI is InChI=1S/C13H21BrN2/c1-3-4-5-12(9-15)16-13-7-10(2)6-11(14)8-13/h6-8,12,16H,3-5,9,15H2,1-2H3. The highest BCUT2D eigenvalue weighted by Gasteiger charge is 2.06. The summed E-state index contributed by atoms with van der Waals surface area (Å²) in [7, 11) is 0. The molecule has 0 amide bonds. The quantitative estimate of drug-likeness (QED) is 0.836. The fourth-order valence-electron chi connectivity index (χ4n) is 1.75. The first-order chi connectivity index (χ1) is 7.65. The first-order valence-electron chi connectivity index (χ1n) is 5.89. The molecule has 0 aliphatic heterocycles. The summed E-state index contributed by atoms with van der Waals surface area (Å²) in [6, 6.07) is 6.74. The van der Waals surface area contributed by atoms with Gasteiger partial charge in [-0.2, -0.15) is 0 Å². The third-order valence-electron chi connectivity index (χ3n) is 2.60. The van der Waals surface area contributed by atoms with E-state index in [2.05, 4.69) is 53.3 Å². The minimum Gasteiger partial charge on any atom is -0.381 e. The highest BCUT2D eigenvalue weighted by Crippen LogP contribution is 2.20. The number of aryl methyl sites for hydroxylation is 1. The number of hydrogen-bond acceptors (Lipinski definition) is 2. The summed E-state index contributed by atoms with van der Waals surface area (Å²) in [6.07, 6.45) is 3.58. The predicted molar refractivity (Wildman–Crippen MR) is 74.9 cm³/mol. The Balaban J connectivity index is 2.62. The van der Waals surface area contributed by atoms with Crippen LogP contribution in [-0.2, 0) is 0 Å². The van der Waals surface area contributed by atoms with Gasteiger partial charge in [0.05, 0.1) is 0 Å². The van der Waals surface area contributed by atoms with Gasteiger partial charge in [0, 0.05) is 22.7 Å². The first-order valence-corrected chi connectivity index (χ1v) is 6.68. The van der Waals surface area contributed by atoms with Gasteiger partial charge in [-0.3, -0.25) is 0 Å². The molecule has 90 valence electrons. The molecule has 0 saturated carbocycles. The Morgan fingerprint density at radius 1 is 1.38 bits per heavy atom. The minimum absolute atomic E-state index is 0.383. The Bertz CT molecular complexity index is 305. The average Bonchev–Trinajstić information content (AvgIpc) is 2.22. The number of anilines is 1. The maximum Gasteiger partial charge on any atom is 0.0383 e. The fraction of sp³-hybridized carbons (Fsp3) is 0.538. The van der Waals surface area contributed by atoms with Crippen LogP contribution in [0.3, 0.4) is 0 Å². The molecule has 1 rings (SSSR count). The largest absolute Gasteiger partial charge is 0.381 e. The van der Waals surface area contributed by atoms with Gasteiger partial charge in [0.2, 0.25) is 0 Å². The van der Waals surface area contributed by atoms with E-state index in [0.29, 0.717) is 12.6 Å². The van der Waals surface area contributed by atoms with E-state index >= 15 is 0 Å². The smallest absolute Gasteiger partial charge is 0.0383 e. The van der Waals surface area contributed by atoms with E-state index < -0.39 is 0 Å². The molecule has 0 aliphatic rings. The molecule has 1 atom stereocenters. The van der Waals surface area contributed by atoms with E-state index in [9.17, 15) is 0 Å². The number of nitrogens with one attached hydrogen (secondary N) is 1. The minimum atomic E-state index is 0.383. The number of hydrogen-bond donors (Lipinski definition) is 2. The lowest BCUT2D eigenvalue weighted by Crippen LogP contribution is -2.28. The third-order valence-corrected chi connectivity index (χ3v) is 3.06.